The topological polar surface area (TPSA) is 108 Å². The molecule has 4 rings (SSSR count). The summed E-state index contributed by atoms with van der Waals surface area (Å²) < 4.78 is 14.6. The molecule has 2 N–H and O–H groups in total. The lowest BCUT2D eigenvalue weighted by Gasteiger charge is -2.22. The smallest absolute Gasteiger partial charge is 0.326 e. The molecular weight excluding hydrogens is 460 g/mol. The molecule has 2 aromatic heterocycles. The van der Waals surface area contributed by atoms with Crippen LogP contribution >= 0.6 is 0 Å². The van der Waals surface area contributed by atoms with Crippen molar-refractivity contribution in [3.05, 3.63) is 51.9 Å². The first-order valence-electron chi connectivity index (χ1n) is 12.6. The molecule has 2 heterocycles. The van der Waals surface area contributed by atoms with E-state index in [2.05, 4.69) is 9.88 Å². The number of hydrogen-bond donors (Lipinski definition) is 2. The molecule has 2 atom stereocenters. The number of aryl methyl sites for hydroxylation is 2. The maximum absolute atomic E-state index is 12.7. The summed E-state index contributed by atoms with van der Waals surface area (Å²) in [4.78, 5) is 29.8. The average Bonchev–Trinajstić information content (AvgIpc) is 3.48. The molecule has 0 bridgehead atoms. The van der Waals surface area contributed by atoms with Gasteiger partial charge in [-0.3, -0.25) is 14.9 Å². The zero-order chi connectivity index (χ0) is 25.8. The second-order valence-corrected chi connectivity index (χ2v) is 9.67. The van der Waals surface area contributed by atoms with Crippen LogP contribution < -0.4 is 10.9 Å². The highest BCUT2D eigenvalue weighted by atomic mass is 16.5. The van der Waals surface area contributed by atoms with E-state index in [-0.39, 0.29) is 11.7 Å². The largest absolute Gasteiger partial charge is 0.461 e. The Balaban J connectivity index is 1.59. The van der Waals surface area contributed by atoms with Crippen molar-refractivity contribution in [3.63, 3.8) is 0 Å². The minimum Gasteiger partial charge on any atom is -0.461 e. The van der Waals surface area contributed by atoms with Crippen molar-refractivity contribution in [1.82, 2.24) is 19.4 Å². The van der Waals surface area contributed by atoms with Crippen molar-refractivity contribution in [1.29, 1.82) is 0 Å². The molecule has 194 valence electrons. The number of nitrogens with one attached hydrogen (secondary N) is 1. The van der Waals surface area contributed by atoms with Gasteiger partial charge in [0.2, 0.25) is 0 Å². The van der Waals surface area contributed by atoms with Crippen LogP contribution in [0.5, 0.6) is 0 Å². The lowest BCUT2D eigenvalue weighted by Crippen LogP contribution is -2.46. The van der Waals surface area contributed by atoms with E-state index < -0.39 is 18.1 Å². The summed E-state index contributed by atoms with van der Waals surface area (Å²) in [6, 6.07) is 7.02. The Kier molecular flexibility index (Phi) is 8.23. The van der Waals surface area contributed by atoms with Crippen LogP contribution in [0, 0.1) is 6.92 Å². The number of imidazole rings is 1. The quantitative estimate of drug-likeness (QED) is 0.416. The fraction of sp³-hybridized carbons (Fsp3) is 0.519. The minimum atomic E-state index is -0.879. The molecule has 1 aliphatic rings. The molecule has 36 heavy (non-hydrogen) atoms. The first-order chi connectivity index (χ1) is 17.3. The van der Waals surface area contributed by atoms with E-state index in [1.807, 2.05) is 24.3 Å². The summed E-state index contributed by atoms with van der Waals surface area (Å²) in [5.41, 5.74) is 4.15. The minimum absolute atomic E-state index is 0.0363. The summed E-state index contributed by atoms with van der Waals surface area (Å²) in [5, 5.41) is 13.4. The molecule has 1 aliphatic carbocycles. The van der Waals surface area contributed by atoms with Crippen LogP contribution in [-0.2, 0) is 34.4 Å². The first kappa shape index (κ1) is 26.1. The summed E-state index contributed by atoms with van der Waals surface area (Å²) in [6.07, 6.45) is 4.79. The van der Waals surface area contributed by atoms with E-state index in [0.717, 1.165) is 53.7 Å². The zero-order valence-electron chi connectivity index (χ0n) is 21.5. The van der Waals surface area contributed by atoms with Gasteiger partial charge < -0.3 is 23.7 Å². The van der Waals surface area contributed by atoms with E-state index in [4.69, 9.17) is 14.5 Å². The summed E-state index contributed by atoms with van der Waals surface area (Å²) >= 11 is 0. The summed E-state index contributed by atoms with van der Waals surface area (Å²) in [6.45, 7) is 4.90. The number of esters is 1. The van der Waals surface area contributed by atoms with E-state index in [0.29, 0.717) is 25.3 Å². The van der Waals surface area contributed by atoms with Crippen molar-refractivity contribution in [2.24, 2.45) is 7.05 Å². The maximum atomic E-state index is 12.7. The highest BCUT2D eigenvalue weighted by Gasteiger charge is 2.28. The van der Waals surface area contributed by atoms with Crippen molar-refractivity contribution < 1.29 is 19.4 Å². The van der Waals surface area contributed by atoms with Crippen LogP contribution in [0.2, 0.25) is 0 Å². The predicted molar refractivity (Wildman–Crippen MR) is 138 cm³/mol. The molecule has 3 aromatic rings. The van der Waals surface area contributed by atoms with Gasteiger partial charge in [0.25, 0.3) is 5.56 Å². The van der Waals surface area contributed by atoms with Gasteiger partial charge in [-0.25, -0.2) is 4.98 Å². The molecule has 1 saturated carbocycles. The third-order valence-electron chi connectivity index (χ3n) is 6.80. The number of ether oxygens (including phenoxy) is 2. The third kappa shape index (κ3) is 5.69. The highest BCUT2D eigenvalue weighted by Crippen LogP contribution is 2.26. The van der Waals surface area contributed by atoms with Crippen LogP contribution in [0.25, 0.3) is 22.4 Å². The molecule has 0 spiro atoms. The Morgan fingerprint density at radius 1 is 1.28 bits per heavy atom. The number of nitrogens with zero attached hydrogens (tertiary/aromatic N) is 3. The fourth-order valence-electron chi connectivity index (χ4n) is 4.84. The molecule has 1 aromatic carbocycles. The zero-order valence-corrected chi connectivity index (χ0v) is 21.5. The second-order valence-electron chi connectivity index (χ2n) is 9.67. The number of pyridine rings is 1. The number of benzene rings is 1. The van der Waals surface area contributed by atoms with Crippen molar-refractivity contribution in [2.75, 3.05) is 13.7 Å². The van der Waals surface area contributed by atoms with Crippen LogP contribution in [0.3, 0.4) is 0 Å². The van der Waals surface area contributed by atoms with Gasteiger partial charge >= 0.3 is 5.97 Å². The Hall–Kier alpha value is -3.01. The molecule has 1 unspecified atom stereocenters. The number of hydrogen-bond acceptors (Lipinski definition) is 7. The molecule has 0 aliphatic heterocycles. The first-order valence-corrected chi connectivity index (χ1v) is 12.6. The average molecular weight is 497 g/mol. The van der Waals surface area contributed by atoms with Crippen LogP contribution in [-0.4, -0.2) is 57.2 Å². The standard InChI is InChI=1S/C27H36N4O5/c1-17-13-20(16-30(3)26(17)33)25-29-22-14-19(9-10-23(22)31(25)11-12-35-4)15-28-24(18(2)32)27(34)36-21-7-5-6-8-21/h9-10,13-14,16,18,21,24,28,32H,5-8,11-12,15H2,1-4H3/t18-,24?/m1/s1. The summed E-state index contributed by atoms with van der Waals surface area (Å²) in [7, 11) is 3.40. The lowest BCUT2D eigenvalue weighted by atomic mass is 10.1. The SMILES string of the molecule is COCCn1c(-c2cc(C)c(=O)n(C)c2)nc2cc(CNC(C(=O)OC3CCCC3)[C@@H](C)O)ccc21. The molecule has 1 fully saturated rings. The number of carbonyl (C=O) groups excluding carboxylic acids is 1. The van der Waals surface area contributed by atoms with Crippen molar-refractivity contribution >= 4 is 17.0 Å². The van der Waals surface area contributed by atoms with Gasteiger partial charge in [0, 0.05) is 44.6 Å². The van der Waals surface area contributed by atoms with Gasteiger partial charge in [-0.2, -0.15) is 0 Å². The van der Waals surface area contributed by atoms with Crippen molar-refractivity contribution in [3.8, 4) is 11.4 Å². The van der Waals surface area contributed by atoms with Crippen LogP contribution in [0.15, 0.2) is 35.3 Å². The van der Waals surface area contributed by atoms with Gasteiger partial charge in [0.05, 0.1) is 23.7 Å². The number of rotatable bonds is 10. The highest BCUT2D eigenvalue weighted by molar-refractivity contribution is 5.81. The second kappa shape index (κ2) is 11.4. The number of fused-ring (bicyclic) bond motifs is 1. The Morgan fingerprint density at radius 3 is 2.69 bits per heavy atom. The van der Waals surface area contributed by atoms with Gasteiger partial charge in [0.1, 0.15) is 18.0 Å². The molecule has 0 saturated heterocycles. The van der Waals surface area contributed by atoms with E-state index >= 15 is 0 Å². The van der Waals surface area contributed by atoms with Crippen molar-refractivity contribution in [2.45, 2.75) is 70.9 Å². The van der Waals surface area contributed by atoms with E-state index in [1.54, 1.807) is 38.8 Å². The van der Waals surface area contributed by atoms with E-state index in [1.165, 1.54) is 0 Å². The Morgan fingerprint density at radius 2 is 2.03 bits per heavy atom. The van der Waals surface area contributed by atoms with Crippen LogP contribution in [0.1, 0.15) is 43.7 Å². The molecule has 0 radical (unpaired) electrons. The predicted octanol–water partition coefficient (Wildman–Crippen LogP) is 2.68. The number of methoxy groups -OCH3 is 1. The monoisotopic (exact) mass is 496 g/mol. The molecule has 9 nitrogen and oxygen atoms in total. The molecule has 9 heteroatoms. The number of aliphatic hydroxyl groups is 1. The van der Waals surface area contributed by atoms with Gasteiger partial charge in [0.15, 0.2) is 0 Å². The number of aromatic nitrogens is 3. The van der Waals surface area contributed by atoms with Crippen LogP contribution in [0.4, 0.5) is 0 Å². The van der Waals surface area contributed by atoms with Gasteiger partial charge in [-0.1, -0.05) is 6.07 Å². The van der Waals surface area contributed by atoms with E-state index in [9.17, 15) is 14.7 Å². The third-order valence-corrected chi connectivity index (χ3v) is 6.80. The normalized spacial score (nSPS) is 15.9. The summed E-state index contributed by atoms with van der Waals surface area (Å²) in [5.74, 6) is 0.349. The molecule has 0 amide bonds. The van der Waals surface area contributed by atoms with Gasteiger partial charge in [-0.15, -0.1) is 0 Å². The molecular formula is C27H36N4O5. The lowest BCUT2D eigenvalue weighted by molar-refractivity contribution is -0.154. The maximum Gasteiger partial charge on any atom is 0.326 e. The number of carbonyl (C=O) groups is 1. The fourth-order valence-corrected chi connectivity index (χ4v) is 4.84. The Labute approximate surface area is 211 Å². The van der Waals surface area contributed by atoms with Gasteiger partial charge in [-0.05, 0) is 63.3 Å². The number of aliphatic hydroxyl groups excluding tert-OH is 1. The Bertz CT molecular complexity index is 1250.